The number of alkyl halides is 3. The number of hydrogen-bond donors (Lipinski definition) is 1. The molecule has 0 radical (unpaired) electrons. The summed E-state index contributed by atoms with van der Waals surface area (Å²) in [5, 5.41) is 3.57. The van der Waals surface area contributed by atoms with E-state index in [0.717, 1.165) is 62.8 Å². The van der Waals surface area contributed by atoms with Gasteiger partial charge in [-0.15, -0.1) is 0 Å². The Balaban J connectivity index is 1.18. The summed E-state index contributed by atoms with van der Waals surface area (Å²) in [6, 6.07) is 20.0. The highest BCUT2D eigenvalue weighted by Gasteiger charge is 2.30. The van der Waals surface area contributed by atoms with Gasteiger partial charge in [0, 0.05) is 35.5 Å². The molecule has 3 aromatic carbocycles. The molecule has 0 spiro atoms. The average molecular weight is 709 g/mol. The van der Waals surface area contributed by atoms with Gasteiger partial charge in [0.25, 0.3) is 5.91 Å². The van der Waals surface area contributed by atoms with Gasteiger partial charge in [-0.05, 0) is 110 Å². The molecule has 49 heavy (non-hydrogen) atoms. The van der Waals surface area contributed by atoms with Crippen molar-refractivity contribution in [3.63, 3.8) is 0 Å². The molecule has 6 nitrogen and oxygen atoms in total. The van der Waals surface area contributed by atoms with E-state index >= 15 is 0 Å². The molecule has 1 aliphatic heterocycles. The number of allylic oxidation sites excluding steroid dienone is 1. The van der Waals surface area contributed by atoms with Crippen LogP contribution in [-0.4, -0.2) is 34.8 Å². The average Bonchev–Trinajstić information content (AvgIpc) is 3.07. The van der Waals surface area contributed by atoms with Crippen molar-refractivity contribution in [3.8, 4) is 0 Å². The summed E-state index contributed by atoms with van der Waals surface area (Å²) in [7, 11) is 0. The minimum atomic E-state index is -4.50. The first kappa shape index (κ1) is 34.8. The molecule has 0 unspecified atom stereocenters. The Labute approximate surface area is 291 Å². The fourth-order valence-electron chi connectivity index (χ4n) is 6.77. The largest absolute Gasteiger partial charge is 0.451 e. The number of hydrogen-bond acceptors (Lipinski definition) is 5. The van der Waals surface area contributed by atoms with Gasteiger partial charge in [-0.2, -0.15) is 13.2 Å². The third-order valence-corrected chi connectivity index (χ3v) is 10.2. The zero-order valence-corrected chi connectivity index (χ0v) is 28.3. The summed E-state index contributed by atoms with van der Waals surface area (Å²) in [5.74, 6) is -0.237. The lowest BCUT2D eigenvalue weighted by molar-refractivity contribution is -0.133. The van der Waals surface area contributed by atoms with Crippen molar-refractivity contribution in [1.82, 2.24) is 10.2 Å². The SMILES string of the molecule is O=C(N[C@H](C=C1CCC(c2ccccc2CN2CCCCC2=O)CC1)Cc1ccc(Cl)cc1)c1cc(=O)c2cc(SC(F)(F)F)ccc2o1. The molecular weight excluding hydrogens is 673 g/mol. The van der Waals surface area contributed by atoms with E-state index in [0.29, 0.717) is 30.3 Å². The Kier molecular flexibility index (Phi) is 10.8. The molecule has 4 aromatic rings. The lowest BCUT2D eigenvalue weighted by Gasteiger charge is -2.31. The zero-order chi connectivity index (χ0) is 34.5. The van der Waals surface area contributed by atoms with E-state index in [2.05, 4.69) is 29.6 Å². The molecule has 2 fully saturated rings. The van der Waals surface area contributed by atoms with Gasteiger partial charge in [0.15, 0.2) is 11.2 Å². The van der Waals surface area contributed by atoms with Crippen molar-refractivity contribution in [2.24, 2.45) is 0 Å². The van der Waals surface area contributed by atoms with Crippen LogP contribution in [-0.2, 0) is 17.8 Å². The van der Waals surface area contributed by atoms with Crippen LogP contribution in [0.25, 0.3) is 11.0 Å². The van der Waals surface area contributed by atoms with E-state index in [1.165, 1.54) is 28.8 Å². The second-order valence-electron chi connectivity index (χ2n) is 12.7. The molecule has 6 rings (SSSR count). The Morgan fingerprint density at radius 2 is 1.76 bits per heavy atom. The quantitative estimate of drug-likeness (QED) is 0.139. The van der Waals surface area contributed by atoms with E-state index in [4.69, 9.17) is 16.0 Å². The van der Waals surface area contributed by atoms with Crippen LogP contribution in [0.2, 0.25) is 5.02 Å². The smallest absolute Gasteiger partial charge is 0.446 e. The fourth-order valence-corrected chi connectivity index (χ4v) is 7.48. The number of carbonyl (C=O) groups is 2. The molecule has 0 bridgehead atoms. The van der Waals surface area contributed by atoms with Crippen LogP contribution >= 0.6 is 23.4 Å². The molecule has 2 heterocycles. The molecule has 1 aliphatic carbocycles. The minimum absolute atomic E-state index is 0.0278. The molecule has 2 aliphatic rings. The van der Waals surface area contributed by atoms with Crippen molar-refractivity contribution in [2.75, 3.05) is 6.54 Å². The monoisotopic (exact) mass is 708 g/mol. The number of likely N-dealkylation sites (tertiary alicyclic amines) is 1. The van der Waals surface area contributed by atoms with Crippen LogP contribution in [0, 0.1) is 0 Å². The molecule has 1 aromatic heterocycles. The summed E-state index contributed by atoms with van der Waals surface area (Å²) in [4.78, 5) is 40.7. The Bertz CT molecular complexity index is 1920. The number of amides is 2. The van der Waals surface area contributed by atoms with Gasteiger partial charge in [0.1, 0.15) is 5.58 Å². The van der Waals surface area contributed by atoms with E-state index in [9.17, 15) is 27.6 Å². The van der Waals surface area contributed by atoms with Crippen molar-refractivity contribution < 1.29 is 27.2 Å². The molecular formula is C38H36ClF3N2O4S. The zero-order valence-electron chi connectivity index (χ0n) is 26.7. The van der Waals surface area contributed by atoms with Gasteiger partial charge < -0.3 is 14.6 Å². The van der Waals surface area contributed by atoms with Gasteiger partial charge in [-0.25, -0.2) is 0 Å². The van der Waals surface area contributed by atoms with E-state index in [1.54, 1.807) is 12.1 Å². The molecule has 1 N–H and O–H groups in total. The first-order valence-electron chi connectivity index (χ1n) is 16.4. The maximum Gasteiger partial charge on any atom is 0.446 e. The third kappa shape index (κ3) is 9.16. The number of fused-ring (bicyclic) bond motifs is 1. The van der Waals surface area contributed by atoms with E-state index < -0.39 is 22.9 Å². The minimum Gasteiger partial charge on any atom is -0.451 e. The third-order valence-electron chi connectivity index (χ3n) is 9.18. The second kappa shape index (κ2) is 15.3. The number of benzene rings is 3. The van der Waals surface area contributed by atoms with Gasteiger partial charge in [-0.1, -0.05) is 59.6 Å². The first-order valence-corrected chi connectivity index (χ1v) is 17.6. The highest BCUT2D eigenvalue weighted by atomic mass is 35.5. The number of carbonyl (C=O) groups excluding carboxylic acids is 2. The Morgan fingerprint density at radius 1 is 1.00 bits per heavy atom. The first-order chi connectivity index (χ1) is 23.5. The highest BCUT2D eigenvalue weighted by Crippen LogP contribution is 2.39. The topological polar surface area (TPSA) is 79.6 Å². The number of halogens is 4. The van der Waals surface area contributed by atoms with Crippen LogP contribution in [0.3, 0.4) is 0 Å². The normalized spacial score (nSPS) is 17.6. The molecule has 1 atom stereocenters. The van der Waals surface area contributed by atoms with Crippen LogP contribution in [0.15, 0.2) is 98.6 Å². The second-order valence-corrected chi connectivity index (χ2v) is 14.2. The van der Waals surface area contributed by atoms with Crippen molar-refractivity contribution in [2.45, 2.75) is 80.3 Å². The standard InChI is InChI=1S/C38H36ClF3N2O4S/c39-28-14-10-25(11-15-28)20-29(43-37(47)35-22-33(45)32-21-30(49-38(40,41)42)16-17-34(32)48-35)19-24-8-12-26(13-9-24)31-6-2-1-5-27(31)23-44-18-4-3-7-36(44)46/h1-2,5-6,10-11,14-17,19,21-22,26,29H,3-4,7-9,12-13,18,20,23H2,(H,43,47)/t26?,29-/m1/s1. The van der Waals surface area contributed by atoms with Crippen LogP contribution in [0.4, 0.5) is 13.2 Å². The van der Waals surface area contributed by atoms with Crippen molar-refractivity contribution in [1.29, 1.82) is 0 Å². The van der Waals surface area contributed by atoms with Gasteiger partial charge in [0.2, 0.25) is 5.91 Å². The summed E-state index contributed by atoms with van der Waals surface area (Å²) < 4.78 is 44.3. The number of thioether (sulfide) groups is 1. The van der Waals surface area contributed by atoms with Crippen LogP contribution in [0.1, 0.15) is 78.1 Å². The number of nitrogens with zero attached hydrogens (tertiary/aromatic N) is 1. The predicted octanol–water partition coefficient (Wildman–Crippen LogP) is 9.20. The lowest BCUT2D eigenvalue weighted by Crippen LogP contribution is -2.36. The molecule has 1 saturated carbocycles. The molecule has 11 heteroatoms. The molecule has 1 saturated heterocycles. The Hall–Kier alpha value is -4.02. The Morgan fingerprint density at radius 3 is 2.49 bits per heavy atom. The number of nitrogens with one attached hydrogen (secondary N) is 1. The summed E-state index contributed by atoms with van der Waals surface area (Å²) in [6.45, 7) is 1.44. The maximum absolute atomic E-state index is 13.5. The maximum atomic E-state index is 13.5. The molecule has 2 amide bonds. The fraction of sp³-hybridized carbons (Fsp3) is 0.342. The van der Waals surface area contributed by atoms with E-state index in [1.807, 2.05) is 23.1 Å². The van der Waals surface area contributed by atoms with E-state index in [-0.39, 0.29) is 39.3 Å². The summed E-state index contributed by atoms with van der Waals surface area (Å²) in [5.41, 5.74) is -0.409. The number of rotatable bonds is 9. The van der Waals surface area contributed by atoms with Gasteiger partial charge in [-0.3, -0.25) is 14.4 Å². The van der Waals surface area contributed by atoms with Gasteiger partial charge >= 0.3 is 5.51 Å². The highest BCUT2D eigenvalue weighted by molar-refractivity contribution is 8.00. The summed E-state index contributed by atoms with van der Waals surface area (Å²) >= 11 is 5.79. The lowest BCUT2D eigenvalue weighted by atomic mass is 9.79. The van der Waals surface area contributed by atoms with Crippen molar-refractivity contribution in [3.05, 3.63) is 122 Å². The summed E-state index contributed by atoms with van der Waals surface area (Å²) in [6.07, 6.45) is 8.73. The van der Waals surface area contributed by atoms with Gasteiger partial charge in [0.05, 0.1) is 11.4 Å². The number of piperidine rings is 1. The van der Waals surface area contributed by atoms with Crippen LogP contribution in [0.5, 0.6) is 0 Å². The molecule has 256 valence electrons. The van der Waals surface area contributed by atoms with Crippen molar-refractivity contribution >= 4 is 46.1 Å². The van der Waals surface area contributed by atoms with Crippen LogP contribution < -0.4 is 10.7 Å². The predicted molar refractivity (Wildman–Crippen MR) is 186 cm³/mol.